The maximum Gasteiger partial charge on any atom is 0.305 e. The molecule has 2 nitrogen and oxygen atoms in total. The molecule has 0 atom stereocenters. The summed E-state index contributed by atoms with van der Waals surface area (Å²) < 4.78 is 4.52. The lowest BCUT2D eigenvalue weighted by atomic mass is 10.3. The summed E-state index contributed by atoms with van der Waals surface area (Å²) in [4.78, 5) is 10.7. The largest absolute Gasteiger partial charge is 0.469 e. The van der Waals surface area contributed by atoms with E-state index in [1.165, 1.54) is 19.3 Å². The molecule has 0 fully saturated rings. The van der Waals surface area contributed by atoms with Crippen LogP contribution in [-0.4, -0.2) is 24.6 Å². The van der Waals surface area contributed by atoms with E-state index in [1.54, 1.807) is 0 Å². The highest BCUT2D eigenvalue weighted by Gasteiger charge is 1.98. The maximum absolute atomic E-state index is 10.7. The van der Waals surface area contributed by atoms with Gasteiger partial charge < -0.3 is 4.74 Å². The van der Waals surface area contributed by atoms with Gasteiger partial charge in [-0.2, -0.15) is 0 Å². The van der Waals surface area contributed by atoms with Crippen molar-refractivity contribution in [2.24, 2.45) is 0 Å². The summed E-state index contributed by atoms with van der Waals surface area (Å²) in [6.07, 6.45) is 2.69. The Morgan fingerprint density at radius 1 is 1.33 bits per heavy atom. The molecule has 0 rings (SSSR count). The van der Waals surface area contributed by atoms with Crippen LogP contribution in [0, 0.1) is 0 Å². The molecular weight excluding hydrogens is 192 g/mol. The van der Waals surface area contributed by atoms with E-state index in [4.69, 9.17) is 0 Å². The summed E-state index contributed by atoms with van der Waals surface area (Å²) >= 11 is 0. The van der Waals surface area contributed by atoms with Crippen molar-refractivity contribution in [2.75, 3.05) is 18.6 Å². The second-order valence-corrected chi connectivity index (χ2v) is 5.03. The SMILES string of the molecule is CCCSSCCCC(=O)OC. The van der Waals surface area contributed by atoms with E-state index in [-0.39, 0.29) is 5.97 Å². The third-order valence-electron chi connectivity index (χ3n) is 1.21. The van der Waals surface area contributed by atoms with Gasteiger partial charge in [0.25, 0.3) is 0 Å². The molecule has 0 unspecified atom stereocenters. The predicted octanol–water partition coefficient (Wildman–Crippen LogP) is 2.73. The average molecular weight is 208 g/mol. The fraction of sp³-hybridized carbons (Fsp3) is 0.875. The van der Waals surface area contributed by atoms with Gasteiger partial charge in [0.1, 0.15) is 0 Å². The summed E-state index contributed by atoms with van der Waals surface area (Å²) in [5.41, 5.74) is 0. The Morgan fingerprint density at radius 3 is 2.58 bits per heavy atom. The van der Waals surface area contributed by atoms with Crippen molar-refractivity contribution in [3.63, 3.8) is 0 Å². The smallest absolute Gasteiger partial charge is 0.305 e. The predicted molar refractivity (Wildman–Crippen MR) is 56.5 cm³/mol. The second kappa shape index (κ2) is 9.26. The number of hydrogen-bond acceptors (Lipinski definition) is 4. The van der Waals surface area contributed by atoms with Gasteiger partial charge in [0.05, 0.1) is 7.11 Å². The molecule has 0 aliphatic heterocycles. The summed E-state index contributed by atoms with van der Waals surface area (Å²) in [6, 6.07) is 0. The molecule has 0 aromatic heterocycles. The first-order valence-electron chi connectivity index (χ1n) is 4.12. The number of ether oxygens (including phenoxy) is 1. The van der Waals surface area contributed by atoms with Crippen LogP contribution in [0.5, 0.6) is 0 Å². The zero-order chi connectivity index (χ0) is 9.23. The van der Waals surface area contributed by atoms with Gasteiger partial charge in [-0.3, -0.25) is 4.79 Å². The Bertz CT molecular complexity index is 118. The van der Waals surface area contributed by atoms with Crippen molar-refractivity contribution in [1.82, 2.24) is 0 Å². The highest BCUT2D eigenvalue weighted by atomic mass is 33.1. The number of carbonyl (C=O) groups is 1. The standard InChI is InChI=1S/C8H16O2S2/c1-3-6-11-12-7-4-5-8(9)10-2/h3-7H2,1-2H3. The van der Waals surface area contributed by atoms with Crippen molar-refractivity contribution in [3.05, 3.63) is 0 Å². The molecule has 0 aliphatic rings. The van der Waals surface area contributed by atoms with E-state index < -0.39 is 0 Å². The molecule has 72 valence electrons. The van der Waals surface area contributed by atoms with E-state index in [2.05, 4.69) is 11.7 Å². The first-order valence-corrected chi connectivity index (χ1v) is 6.61. The summed E-state index contributed by atoms with van der Waals surface area (Å²) in [5, 5.41) is 0. The molecule has 0 aromatic rings. The van der Waals surface area contributed by atoms with Crippen LogP contribution in [0.25, 0.3) is 0 Å². The van der Waals surface area contributed by atoms with E-state index in [9.17, 15) is 4.79 Å². The number of esters is 1. The van der Waals surface area contributed by atoms with Gasteiger partial charge in [-0.25, -0.2) is 0 Å². The van der Waals surface area contributed by atoms with Crippen molar-refractivity contribution < 1.29 is 9.53 Å². The molecule has 12 heavy (non-hydrogen) atoms. The van der Waals surface area contributed by atoms with Crippen molar-refractivity contribution >= 4 is 27.6 Å². The Balaban J connectivity index is 2.95. The van der Waals surface area contributed by atoms with Gasteiger partial charge >= 0.3 is 5.97 Å². The van der Waals surface area contributed by atoms with Gasteiger partial charge in [-0.1, -0.05) is 28.5 Å². The Kier molecular flexibility index (Phi) is 9.39. The Morgan fingerprint density at radius 2 is 2.00 bits per heavy atom. The Hall–Kier alpha value is 0.170. The quantitative estimate of drug-likeness (QED) is 0.365. The van der Waals surface area contributed by atoms with Crippen LogP contribution in [0.4, 0.5) is 0 Å². The van der Waals surface area contributed by atoms with Crippen molar-refractivity contribution in [1.29, 1.82) is 0 Å². The number of methoxy groups -OCH3 is 1. The topological polar surface area (TPSA) is 26.3 Å². The summed E-state index contributed by atoms with van der Waals surface area (Å²) in [7, 11) is 5.15. The van der Waals surface area contributed by atoms with Crippen LogP contribution < -0.4 is 0 Å². The molecule has 0 heterocycles. The minimum Gasteiger partial charge on any atom is -0.469 e. The van der Waals surface area contributed by atoms with Gasteiger partial charge in [0, 0.05) is 17.9 Å². The van der Waals surface area contributed by atoms with Gasteiger partial charge in [0.15, 0.2) is 0 Å². The van der Waals surface area contributed by atoms with Gasteiger partial charge in [-0.05, 0) is 12.8 Å². The number of rotatable bonds is 7. The van der Waals surface area contributed by atoms with Crippen LogP contribution in [0.15, 0.2) is 0 Å². The van der Waals surface area contributed by atoms with Crippen LogP contribution in [0.2, 0.25) is 0 Å². The molecule has 0 radical (unpaired) electrons. The van der Waals surface area contributed by atoms with Crippen molar-refractivity contribution in [3.8, 4) is 0 Å². The molecule has 0 amide bonds. The molecule has 0 aliphatic carbocycles. The molecule has 0 aromatic carbocycles. The van der Waals surface area contributed by atoms with Crippen LogP contribution >= 0.6 is 21.6 Å². The zero-order valence-corrected chi connectivity index (χ0v) is 9.30. The lowest BCUT2D eigenvalue weighted by Crippen LogP contribution is -1.99. The molecule has 0 saturated heterocycles. The minimum absolute atomic E-state index is 0.101. The normalized spacial score (nSPS) is 9.83. The molecule has 4 heteroatoms. The average Bonchev–Trinajstić information content (AvgIpc) is 2.10. The zero-order valence-electron chi connectivity index (χ0n) is 7.67. The number of carbonyl (C=O) groups excluding carboxylic acids is 1. The first kappa shape index (κ1) is 12.2. The lowest BCUT2D eigenvalue weighted by Gasteiger charge is -1.99. The monoisotopic (exact) mass is 208 g/mol. The Labute approximate surface area is 82.2 Å². The molecule has 0 bridgehead atoms. The van der Waals surface area contributed by atoms with Crippen LogP contribution in [0.3, 0.4) is 0 Å². The van der Waals surface area contributed by atoms with Crippen molar-refractivity contribution in [2.45, 2.75) is 26.2 Å². The number of hydrogen-bond donors (Lipinski definition) is 0. The highest BCUT2D eigenvalue weighted by Crippen LogP contribution is 2.22. The van der Waals surface area contributed by atoms with E-state index in [0.29, 0.717) is 6.42 Å². The highest BCUT2D eigenvalue weighted by molar-refractivity contribution is 8.76. The molecule has 0 N–H and O–H groups in total. The molecule has 0 saturated carbocycles. The molecular formula is C8H16O2S2. The first-order chi connectivity index (χ1) is 5.81. The van der Waals surface area contributed by atoms with E-state index in [1.807, 2.05) is 21.6 Å². The third kappa shape index (κ3) is 8.27. The maximum atomic E-state index is 10.7. The summed E-state index contributed by atoms with van der Waals surface area (Å²) in [5.74, 6) is 2.14. The summed E-state index contributed by atoms with van der Waals surface area (Å²) in [6.45, 7) is 2.17. The van der Waals surface area contributed by atoms with Gasteiger partial charge in [0.2, 0.25) is 0 Å². The van der Waals surface area contributed by atoms with E-state index in [0.717, 1.165) is 12.2 Å². The lowest BCUT2D eigenvalue weighted by molar-refractivity contribution is -0.140. The fourth-order valence-electron chi connectivity index (χ4n) is 0.579. The second-order valence-electron chi connectivity index (χ2n) is 2.32. The van der Waals surface area contributed by atoms with Gasteiger partial charge in [-0.15, -0.1) is 0 Å². The molecule has 0 spiro atoms. The van der Waals surface area contributed by atoms with Crippen LogP contribution in [0.1, 0.15) is 26.2 Å². The minimum atomic E-state index is -0.101. The third-order valence-corrected chi connectivity index (χ3v) is 3.90. The van der Waals surface area contributed by atoms with E-state index >= 15 is 0 Å². The fourth-order valence-corrected chi connectivity index (χ4v) is 2.80. The van der Waals surface area contributed by atoms with Crippen LogP contribution in [-0.2, 0) is 9.53 Å².